The lowest BCUT2D eigenvalue weighted by Gasteiger charge is -2.07. The van der Waals surface area contributed by atoms with E-state index in [1.54, 1.807) is 0 Å². The Kier molecular flexibility index (Phi) is 34.4. The first-order chi connectivity index (χ1) is 14.3. The van der Waals surface area contributed by atoms with Crippen LogP contribution in [0.2, 0.25) is 0 Å². The van der Waals surface area contributed by atoms with Crippen molar-refractivity contribution in [2.24, 2.45) is 0 Å². The van der Waals surface area contributed by atoms with Gasteiger partial charge in [-0.2, -0.15) is 0 Å². The van der Waals surface area contributed by atoms with Crippen LogP contribution in [-0.2, 0) is 28.4 Å². The SMILES string of the molecule is CCCCCCOCCC.OCCOCCOCCOCCOCCOCCO. The van der Waals surface area contributed by atoms with Gasteiger partial charge in [0.15, 0.2) is 0 Å². The Morgan fingerprint density at radius 3 is 1.10 bits per heavy atom. The third-order valence-electron chi connectivity index (χ3n) is 3.45. The summed E-state index contributed by atoms with van der Waals surface area (Å²) in [6, 6.07) is 0. The monoisotopic (exact) mass is 426 g/mol. The highest BCUT2D eigenvalue weighted by atomic mass is 16.6. The molecule has 0 fully saturated rings. The van der Waals surface area contributed by atoms with Crippen LogP contribution < -0.4 is 0 Å². The molecule has 0 saturated carbocycles. The molecule has 0 aromatic rings. The Hall–Kier alpha value is -0.320. The molecule has 2 N–H and O–H groups in total. The Morgan fingerprint density at radius 2 is 0.759 bits per heavy atom. The zero-order valence-corrected chi connectivity index (χ0v) is 18.8. The van der Waals surface area contributed by atoms with Gasteiger partial charge in [0.2, 0.25) is 0 Å². The standard InChI is InChI=1S/C12H26O7.C9H20O/c13-1-3-15-5-7-17-9-11-19-12-10-18-8-6-16-4-2-14;1-3-5-6-7-9-10-8-4-2/h13-14H,1-12H2;3-9H2,1-2H3. The van der Waals surface area contributed by atoms with Crippen molar-refractivity contribution in [1.82, 2.24) is 0 Å². The van der Waals surface area contributed by atoms with Crippen molar-refractivity contribution in [2.75, 3.05) is 92.5 Å². The van der Waals surface area contributed by atoms with Gasteiger partial charge < -0.3 is 38.6 Å². The molecular weight excluding hydrogens is 380 g/mol. The Labute approximate surface area is 177 Å². The molecule has 0 bridgehead atoms. The molecule has 0 unspecified atom stereocenters. The summed E-state index contributed by atoms with van der Waals surface area (Å²) in [5, 5.41) is 16.9. The first-order valence-electron chi connectivity index (χ1n) is 11.0. The van der Waals surface area contributed by atoms with Crippen LogP contribution in [0.25, 0.3) is 0 Å². The highest BCUT2D eigenvalue weighted by molar-refractivity contribution is 4.39. The fourth-order valence-electron chi connectivity index (χ4n) is 1.99. The maximum atomic E-state index is 8.45. The summed E-state index contributed by atoms with van der Waals surface area (Å²) in [6.07, 6.45) is 6.39. The second kappa shape index (κ2) is 32.3. The van der Waals surface area contributed by atoms with Gasteiger partial charge in [-0.05, 0) is 12.8 Å². The molecule has 0 radical (unpaired) electrons. The van der Waals surface area contributed by atoms with Crippen LogP contribution in [0.3, 0.4) is 0 Å². The van der Waals surface area contributed by atoms with Crippen LogP contribution in [0.5, 0.6) is 0 Å². The van der Waals surface area contributed by atoms with Gasteiger partial charge in [0.25, 0.3) is 0 Å². The number of hydrogen-bond acceptors (Lipinski definition) is 8. The molecule has 0 rings (SSSR count). The van der Waals surface area contributed by atoms with Gasteiger partial charge in [-0.3, -0.25) is 0 Å². The summed E-state index contributed by atoms with van der Waals surface area (Å²) in [7, 11) is 0. The molecule has 178 valence electrons. The van der Waals surface area contributed by atoms with Gasteiger partial charge in [0.05, 0.1) is 79.3 Å². The van der Waals surface area contributed by atoms with Crippen molar-refractivity contribution in [1.29, 1.82) is 0 Å². The molecule has 0 aromatic heterocycles. The first-order valence-corrected chi connectivity index (χ1v) is 11.0. The van der Waals surface area contributed by atoms with E-state index >= 15 is 0 Å². The molecule has 0 spiro atoms. The van der Waals surface area contributed by atoms with E-state index in [4.69, 9.17) is 38.6 Å². The van der Waals surface area contributed by atoms with Gasteiger partial charge in [0.1, 0.15) is 0 Å². The van der Waals surface area contributed by atoms with Gasteiger partial charge in [-0.25, -0.2) is 0 Å². The van der Waals surface area contributed by atoms with Crippen molar-refractivity contribution >= 4 is 0 Å². The molecular formula is C21H46O8. The predicted octanol–water partition coefficient (Wildman–Crippen LogP) is 2.05. The highest BCUT2D eigenvalue weighted by Gasteiger charge is 1.93. The molecule has 8 nitrogen and oxygen atoms in total. The Morgan fingerprint density at radius 1 is 0.379 bits per heavy atom. The number of hydrogen-bond donors (Lipinski definition) is 2. The minimum absolute atomic E-state index is 0.0359. The van der Waals surface area contributed by atoms with Crippen LogP contribution in [0.1, 0.15) is 46.0 Å². The van der Waals surface area contributed by atoms with Gasteiger partial charge in [-0.1, -0.05) is 33.1 Å². The van der Waals surface area contributed by atoms with Crippen LogP contribution in [0.15, 0.2) is 0 Å². The average molecular weight is 427 g/mol. The first kappa shape index (κ1) is 30.9. The summed E-state index contributed by atoms with van der Waals surface area (Å²) in [5.41, 5.74) is 0. The minimum atomic E-state index is 0.0359. The Balaban J connectivity index is 0. The third kappa shape index (κ3) is 35.5. The zero-order chi connectivity index (χ0) is 21.7. The van der Waals surface area contributed by atoms with Crippen LogP contribution in [0, 0.1) is 0 Å². The molecule has 0 aliphatic rings. The molecule has 0 amide bonds. The summed E-state index contributed by atoms with van der Waals surface area (Å²) in [4.78, 5) is 0. The summed E-state index contributed by atoms with van der Waals surface area (Å²) >= 11 is 0. The molecule has 0 aliphatic heterocycles. The van der Waals surface area contributed by atoms with E-state index in [2.05, 4.69) is 13.8 Å². The number of aliphatic hydroxyl groups is 2. The van der Waals surface area contributed by atoms with Gasteiger partial charge in [-0.15, -0.1) is 0 Å². The summed E-state index contributed by atoms with van der Waals surface area (Å²) in [6.45, 7) is 11.1. The quantitative estimate of drug-likeness (QED) is 0.240. The van der Waals surface area contributed by atoms with Gasteiger partial charge in [0, 0.05) is 13.2 Å². The predicted molar refractivity (Wildman–Crippen MR) is 114 cm³/mol. The van der Waals surface area contributed by atoms with Crippen molar-refractivity contribution in [3.05, 3.63) is 0 Å². The maximum Gasteiger partial charge on any atom is 0.0701 e. The number of rotatable bonds is 23. The van der Waals surface area contributed by atoms with Crippen LogP contribution >= 0.6 is 0 Å². The molecule has 0 heterocycles. The van der Waals surface area contributed by atoms with Crippen molar-refractivity contribution in [3.8, 4) is 0 Å². The Bertz CT molecular complexity index is 233. The lowest BCUT2D eigenvalue weighted by molar-refractivity contribution is -0.0151. The largest absolute Gasteiger partial charge is 0.394 e. The smallest absolute Gasteiger partial charge is 0.0701 e. The number of unbranched alkanes of at least 4 members (excludes halogenated alkanes) is 3. The van der Waals surface area contributed by atoms with E-state index in [1.165, 1.54) is 25.7 Å². The van der Waals surface area contributed by atoms with Crippen molar-refractivity contribution in [3.63, 3.8) is 0 Å². The van der Waals surface area contributed by atoms with E-state index in [1.807, 2.05) is 0 Å². The summed E-state index contributed by atoms with van der Waals surface area (Å²) in [5.74, 6) is 0. The lowest BCUT2D eigenvalue weighted by Crippen LogP contribution is -2.14. The second-order valence-electron chi connectivity index (χ2n) is 6.18. The minimum Gasteiger partial charge on any atom is -0.394 e. The molecule has 0 aliphatic carbocycles. The lowest BCUT2D eigenvalue weighted by atomic mass is 10.2. The number of aliphatic hydroxyl groups excluding tert-OH is 2. The third-order valence-corrected chi connectivity index (χ3v) is 3.45. The fraction of sp³-hybridized carbons (Fsp3) is 1.00. The van der Waals surface area contributed by atoms with Crippen LogP contribution in [0.4, 0.5) is 0 Å². The zero-order valence-electron chi connectivity index (χ0n) is 18.8. The van der Waals surface area contributed by atoms with Gasteiger partial charge >= 0.3 is 0 Å². The van der Waals surface area contributed by atoms with Crippen molar-refractivity contribution < 1.29 is 38.6 Å². The molecule has 0 aromatic carbocycles. The van der Waals surface area contributed by atoms with Crippen LogP contribution in [-0.4, -0.2) is 103 Å². The topological polar surface area (TPSA) is 95.8 Å². The molecule has 0 saturated heterocycles. The molecule has 8 heteroatoms. The van der Waals surface area contributed by atoms with E-state index in [9.17, 15) is 0 Å². The average Bonchev–Trinajstić information content (AvgIpc) is 2.74. The highest BCUT2D eigenvalue weighted by Crippen LogP contribution is 1.98. The van der Waals surface area contributed by atoms with E-state index < -0.39 is 0 Å². The number of ether oxygens (including phenoxy) is 6. The second-order valence-corrected chi connectivity index (χ2v) is 6.18. The van der Waals surface area contributed by atoms with E-state index in [0.717, 1.165) is 19.6 Å². The molecule has 0 atom stereocenters. The van der Waals surface area contributed by atoms with E-state index in [-0.39, 0.29) is 13.2 Å². The van der Waals surface area contributed by atoms with Crippen molar-refractivity contribution in [2.45, 2.75) is 46.0 Å². The molecule has 29 heavy (non-hydrogen) atoms. The van der Waals surface area contributed by atoms with E-state index in [0.29, 0.717) is 66.1 Å². The fourth-order valence-corrected chi connectivity index (χ4v) is 1.99. The maximum absolute atomic E-state index is 8.45. The normalized spacial score (nSPS) is 10.8. The summed E-state index contributed by atoms with van der Waals surface area (Å²) < 4.78 is 31.1.